The summed E-state index contributed by atoms with van der Waals surface area (Å²) in [5.41, 5.74) is 7.30. The van der Waals surface area contributed by atoms with Crippen molar-refractivity contribution >= 4 is 33.3 Å². The Morgan fingerprint density at radius 1 is 1.37 bits per heavy atom. The molecule has 0 atom stereocenters. The molecular weight excluding hydrogens is 290 g/mol. The third kappa shape index (κ3) is 2.82. The van der Waals surface area contributed by atoms with Crippen LogP contribution in [-0.4, -0.2) is 13.4 Å². The van der Waals surface area contributed by atoms with Gasteiger partial charge in [0.15, 0.2) is 0 Å². The van der Waals surface area contributed by atoms with Crippen molar-refractivity contribution in [2.75, 3.05) is 10.5 Å². The lowest BCUT2D eigenvalue weighted by atomic mass is 10.2. The molecule has 0 bridgehead atoms. The van der Waals surface area contributed by atoms with Gasteiger partial charge in [0.2, 0.25) is 0 Å². The van der Waals surface area contributed by atoms with E-state index in [0.29, 0.717) is 16.9 Å². The summed E-state index contributed by atoms with van der Waals surface area (Å²) in [6.45, 7) is 3.42. The van der Waals surface area contributed by atoms with Crippen molar-refractivity contribution in [3.05, 3.63) is 34.7 Å². The van der Waals surface area contributed by atoms with E-state index in [9.17, 15) is 8.42 Å². The van der Waals surface area contributed by atoms with Crippen LogP contribution >= 0.6 is 11.6 Å². The molecule has 0 amide bonds. The molecule has 3 N–H and O–H groups in total. The predicted molar refractivity (Wildman–Crippen MR) is 72.6 cm³/mol. The SMILES string of the molecule is Cc1coc(NS(=O)(=O)c2cc(N)c(C)cc2Cl)n1. The highest BCUT2D eigenvalue weighted by Gasteiger charge is 2.21. The molecule has 19 heavy (non-hydrogen) atoms. The second-order valence-electron chi connectivity index (χ2n) is 4.04. The first-order chi connectivity index (χ1) is 8.79. The van der Waals surface area contributed by atoms with Crippen LogP contribution in [0.15, 0.2) is 27.7 Å². The number of nitrogens with two attached hydrogens (primary N) is 1. The van der Waals surface area contributed by atoms with Gasteiger partial charge in [0.05, 0.1) is 10.7 Å². The Balaban J connectivity index is 2.42. The summed E-state index contributed by atoms with van der Waals surface area (Å²) in [4.78, 5) is 3.74. The summed E-state index contributed by atoms with van der Waals surface area (Å²) in [5, 5.41) is 0.0856. The number of oxazole rings is 1. The number of hydrogen-bond acceptors (Lipinski definition) is 5. The standard InChI is InChI=1S/C11H12ClN3O3S/c1-6-3-8(12)10(4-9(6)13)19(16,17)15-11-14-7(2)5-18-11/h3-5H,13H2,1-2H3,(H,14,15). The quantitative estimate of drug-likeness (QED) is 0.848. The van der Waals surface area contributed by atoms with Crippen LogP contribution in [0.1, 0.15) is 11.3 Å². The molecule has 1 aromatic heterocycles. The fourth-order valence-corrected chi connectivity index (χ4v) is 3.00. The Kier molecular flexibility index (Phi) is 3.42. The second kappa shape index (κ2) is 4.75. The lowest BCUT2D eigenvalue weighted by Crippen LogP contribution is -2.14. The van der Waals surface area contributed by atoms with Crippen LogP contribution in [-0.2, 0) is 10.0 Å². The third-order valence-electron chi connectivity index (χ3n) is 2.45. The maximum atomic E-state index is 12.1. The first-order valence-electron chi connectivity index (χ1n) is 5.30. The summed E-state index contributed by atoms with van der Waals surface area (Å²) in [6, 6.07) is 2.68. The van der Waals surface area contributed by atoms with Gasteiger partial charge in [-0.15, -0.1) is 0 Å². The molecule has 0 aliphatic heterocycles. The molecule has 1 heterocycles. The van der Waals surface area contributed by atoms with Crippen molar-refractivity contribution in [3.63, 3.8) is 0 Å². The molecule has 2 aromatic rings. The number of anilines is 2. The number of aryl methyl sites for hydroxylation is 2. The van der Waals surface area contributed by atoms with E-state index in [1.807, 2.05) is 0 Å². The Morgan fingerprint density at radius 2 is 2.05 bits per heavy atom. The van der Waals surface area contributed by atoms with Gasteiger partial charge in [-0.25, -0.2) is 13.1 Å². The van der Waals surface area contributed by atoms with Gasteiger partial charge >= 0.3 is 6.01 Å². The summed E-state index contributed by atoms with van der Waals surface area (Å²) in [7, 11) is -3.89. The normalized spacial score (nSPS) is 11.5. The zero-order chi connectivity index (χ0) is 14.2. The van der Waals surface area contributed by atoms with Crippen LogP contribution in [0.25, 0.3) is 0 Å². The number of nitrogens with zero attached hydrogens (tertiary/aromatic N) is 1. The molecule has 0 fully saturated rings. The number of hydrogen-bond donors (Lipinski definition) is 2. The van der Waals surface area contributed by atoms with Gasteiger partial charge in [0.1, 0.15) is 11.2 Å². The fraction of sp³-hybridized carbons (Fsp3) is 0.182. The minimum atomic E-state index is -3.89. The Morgan fingerprint density at radius 3 is 2.63 bits per heavy atom. The van der Waals surface area contributed by atoms with E-state index >= 15 is 0 Å². The zero-order valence-electron chi connectivity index (χ0n) is 10.3. The maximum Gasteiger partial charge on any atom is 0.309 e. The van der Waals surface area contributed by atoms with E-state index in [4.69, 9.17) is 21.8 Å². The van der Waals surface area contributed by atoms with Gasteiger partial charge in [0, 0.05) is 5.69 Å². The largest absolute Gasteiger partial charge is 0.431 e. The highest BCUT2D eigenvalue weighted by molar-refractivity contribution is 7.92. The average molecular weight is 302 g/mol. The molecule has 8 heteroatoms. The molecule has 6 nitrogen and oxygen atoms in total. The van der Waals surface area contributed by atoms with Crippen molar-refractivity contribution in [2.45, 2.75) is 18.7 Å². The molecular formula is C11H12ClN3O3S. The third-order valence-corrected chi connectivity index (χ3v) is 4.24. The maximum absolute atomic E-state index is 12.1. The lowest BCUT2D eigenvalue weighted by Gasteiger charge is -2.09. The molecule has 2 rings (SSSR count). The van der Waals surface area contributed by atoms with Gasteiger partial charge in [-0.3, -0.25) is 0 Å². The zero-order valence-corrected chi connectivity index (χ0v) is 11.8. The number of rotatable bonds is 3. The minimum absolute atomic E-state index is 0.0856. The van der Waals surface area contributed by atoms with Crippen molar-refractivity contribution in [3.8, 4) is 0 Å². The van der Waals surface area contributed by atoms with E-state index in [-0.39, 0.29) is 15.9 Å². The second-order valence-corrected chi connectivity index (χ2v) is 6.10. The number of benzene rings is 1. The predicted octanol–water partition coefficient (Wildman–Crippen LogP) is 2.33. The highest BCUT2D eigenvalue weighted by Crippen LogP contribution is 2.28. The molecule has 0 radical (unpaired) electrons. The molecule has 0 aliphatic carbocycles. The Bertz CT molecular complexity index is 725. The van der Waals surface area contributed by atoms with Crippen LogP contribution < -0.4 is 10.5 Å². The lowest BCUT2D eigenvalue weighted by molar-refractivity contribution is 0.569. The van der Waals surface area contributed by atoms with Crippen LogP contribution in [0.5, 0.6) is 0 Å². The van der Waals surface area contributed by atoms with Crippen LogP contribution in [0.3, 0.4) is 0 Å². The molecule has 1 aromatic carbocycles. The molecule has 0 saturated heterocycles. The number of aromatic nitrogens is 1. The van der Waals surface area contributed by atoms with Crippen molar-refractivity contribution in [1.29, 1.82) is 0 Å². The number of nitrogen functional groups attached to an aromatic ring is 1. The summed E-state index contributed by atoms with van der Waals surface area (Å²) < 4.78 is 31.4. The molecule has 0 unspecified atom stereocenters. The highest BCUT2D eigenvalue weighted by atomic mass is 35.5. The topological polar surface area (TPSA) is 98.2 Å². The van der Waals surface area contributed by atoms with Gasteiger partial charge < -0.3 is 10.2 Å². The number of halogens is 1. The first kappa shape index (κ1) is 13.7. The Labute approximate surface area is 115 Å². The summed E-state index contributed by atoms with van der Waals surface area (Å²) in [6.07, 6.45) is 1.34. The van der Waals surface area contributed by atoms with E-state index in [1.165, 1.54) is 18.4 Å². The van der Waals surface area contributed by atoms with Crippen LogP contribution in [0, 0.1) is 13.8 Å². The first-order valence-corrected chi connectivity index (χ1v) is 7.16. The van der Waals surface area contributed by atoms with E-state index < -0.39 is 10.0 Å². The van der Waals surface area contributed by atoms with Crippen molar-refractivity contribution in [1.82, 2.24) is 4.98 Å². The summed E-state index contributed by atoms with van der Waals surface area (Å²) >= 11 is 5.93. The van der Waals surface area contributed by atoms with Crippen molar-refractivity contribution < 1.29 is 12.8 Å². The number of sulfonamides is 1. The van der Waals surface area contributed by atoms with Gasteiger partial charge in [-0.05, 0) is 31.5 Å². The fourth-order valence-electron chi connectivity index (χ4n) is 1.45. The van der Waals surface area contributed by atoms with Gasteiger partial charge in [-0.2, -0.15) is 4.98 Å². The van der Waals surface area contributed by atoms with E-state index in [2.05, 4.69) is 9.71 Å². The minimum Gasteiger partial charge on any atom is -0.431 e. The molecule has 0 saturated carbocycles. The molecule has 0 aliphatic rings. The molecule has 102 valence electrons. The van der Waals surface area contributed by atoms with Crippen LogP contribution in [0.4, 0.5) is 11.7 Å². The smallest absolute Gasteiger partial charge is 0.309 e. The van der Waals surface area contributed by atoms with E-state index in [1.54, 1.807) is 13.8 Å². The Hall–Kier alpha value is -1.73. The van der Waals surface area contributed by atoms with Crippen LogP contribution in [0.2, 0.25) is 5.02 Å². The van der Waals surface area contributed by atoms with Crippen molar-refractivity contribution in [2.24, 2.45) is 0 Å². The molecule has 0 spiro atoms. The van der Waals surface area contributed by atoms with Gasteiger partial charge in [-0.1, -0.05) is 11.6 Å². The summed E-state index contributed by atoms with van der Waals surface area (Å²) in [5.74, 6) is 0. The average Bonchev–Trinajstić information content (AvgIpc) is 2.68. The van der Waals surface area contributed by atoms with Gasteiger partial charge in [0.25, 0.3) is 10.0 Å². The van der Waals surface area contributed by atoms with E-state index in [0.717, 1.165) is 0 Å². The number of nitrogens with one attached hydrogen (secondary N) is 1. The monoisotopic (exact) mass is 301 g/mol.